The largest absolute Gasteiger partial charge is 0.449 e. The van der Waals surface area contributed by atoms with Gasteiger partial charge in [-0.15, -0.1) is 0 Å². The number of ether oxygens (including phenoxy) is 2. The molecule has 2 fully saturated rings. The van der Waals surface area contributed by atoms with Gasteiger partial charge in [0.25, 0.3) is 0 Å². The maximum Gasteiger partial charge on any atom is 0.409 e. The van der Waals surface area contributed by atoms with Crippen molar-refractivity contribution in [2.75, 3.05) is 39.4 Å². The van der Waals surface area contributed by atoms with E-state index in [1.54, 1.807) is 9.80 Å². The molecule has 0 aromatic carbocycles. The standard InChI is InChI=1S/C19H34N2O4/c1-3-10-19(2,15-24-17(22)20-11-6-4-7-12-20)16-25-18(23)21-13-8-5-9-14-21/h3-16H2,1-2H3. The van der Waals surface area contributed by atoms with E-state index in [-0.39, 0.29) is 17.6 Å². The normalized spacial score (nSPS) is 18.8. The van der Waals surface area contributed by atoms with Gasteiger partial charge in [-0.2, -0.15) is 0 Å². The molecule has 0 N–H and O–H groups in total. The van der Waals surface area contributed by atoms with Crippen LogP contribution in [0.3, 0.4) is 0 Å². The first-order valence-electron chi connectivity index (χ1n) is 9.87. The Morgan fingerprint density at radius 2 is 1.20 bits per heavy atom. The average Bonchev–Trinajstić information content (AvgIpc) is 2.66. The number of hydrogen-bond acceptors (Lipinski definition) is 4. The highest BCUT2D eigenvalue weighted by Crippen LogP contribution is 2.25. The Labute approximate surface area is 151 Å². The molecule has 0 saturated carbocycles. The smallest absolute Gasteiger partial charge is 0.409 e. The molecular formula is C19H34N2O4. The van der Waals surface area contributed by atoms with Crippen LogP contribution in [0.1, 0.15) is 65.2 Å². The highest BCUT2D eigenvalue weighted by atomic mass is 16.6. The average molecular weight is 354 g/mol. The zero-order valence-electron chi connectivity index (χ0n) is 15.9. The maximum absolute atomic E-state index is 12.2. The summed E-state index contributed by atoms with van der Waals surface area (Å²) in [7, 11) is 0. The van der Waals surface area contributed by atoms with Crippen LogP contribution in [0.25, 0.3) is 0 Å². The molecule has 0 unspecified atom stereocenters. The number of rotatable bonds is 6. The van der Waals surface area contributed by atoms with E-state index in [1.165, 1.54) is 12.8 Å². The Bertz CT molecular complexity index is 395. The number of nitrogens with zero attached hydrogens (tertiary/aromatic N) is 2. The summed E-state index contributed by atoms with van der Waals surface area (Å²) in [6, 6.07) is 0. The Morgan fingerprint density at radius 1 is 0.800 bits per heavy atom. The van der Waals surface area contributed by atoms with Crippen LogP contribution in [-0.2, 0) is 9.47 Å². The van der Waals surface area contributed by atoms with E-state index >= 15 is 0 Å². The van der Waals surface area contributed by atoms with E-state index in [1.807, 2.05) is 6.92 Å². The lowest BCUT2D eigenvalue weighted by Crippen LogP contribution is -2.41. The molecule has 25 heavy (non-hydrogen) atoms. The first-order valence-corrected chi connectivity index (χ1v) is 9.87. The fraction of sp³-hybridized carbons (Fsp3) is 0.895. The van der Waals surface area contributed by atoms with Crippen molar-refractivity contribution in [1.82, 2.24) is 9.80 Å². The summed E-state index contributed by atoms with van der Waals surface area (Å²) < 4.78 is 11.1. The number of amides is 2. The Kier molecular flexibility index (Phi) is 7.85. The molecule has 0 aliphatic carbocycles. The van der Waals surface area contributed by atoms with Gasteiger partial charge in [0.15, 0.2) is 0 Å². The highest BCUT2D eigenvalue weighted by Gasteiger charge is 2.30. The van der Waals surface area contributed by atoms with Crippen molar-refractivity contribution in [1.29, 1.82) is 0 Å². The summed E-state index contributed by atoms with van der Waals surface area (Å²) in [5, 5.41) is 0. The molecule has 0 atom stereocenters. The van der Waals surface area contributed by atoms with E-state index < -0.39 is 0 Å². The molecule has 0 spiro atoms. The van der Waals surface area contributed by atoms with E-state index in [0.29, 0.717) is 13.2 Å². The van der Waals surface area contributed by atoms with Crippen molar-refractivity contribution >= 4 is 12.2 Å². The molecule has 2 aliphatic rings. The van der Waals surface area contributed by atoms with E-state index in [9.17, 15) is 9.59 Å². The Hall–Kier alpha value is -1.46. The summed E-state index contributed by atoms with van der Waals surface area (Å²) in [5.74, 6) is 0. The van der Waals surface area contributed by atoms with Crippen LogP contribution in [0.2, 0.25) is 0 Å². The third-order valence-corrected chi connectivity index (χ3v) is 5.17. The van der Waals surface area contributed by atoms with Gasteiger partial charge in [-0.3, -0.25) is 0 Å². The molecular weight excluding hydrogens is 320 g/mol. The van der Waals surface area contributed by atoms with Crippen LogP contribution >= 0.6 is 0 Å². The van der Waals surface area contributed by atoms with Crippen molar-refractivity contribution < 1.29 is 19.1 Å². The van der Waals surface area contributed by atoms with Crippen LogP contribution in [0.4, 0.5) is 9.59 Å². The third kappa shape index (κ3) is 6.40. The molecule has 144 valence electrons. The number of hydrogen-bond donors (Lipinski definition) is 0. The van der Waals surface area contributed by atoms with E-state index in [4.69, 9.17) is 9.47 Å². The van der Waals surface area contributed by atoms with Crippen molar-refractivity contribution in [3.8, 4) is 0 Å². The molecule has 2 aliphatic heterocycles. The molecule has 0 aromatic heterocycles. The molecule has 0 aromatic rings. The van der Waals surface area contributed by atoms with Gasteiger partial charge < -0.3 is 19.3 Å². The van der Waals surface area contributed by atoms with Gasteiger partial charge in [0, 0.05) is 31.6 Å². The summed E-state index contributed by atoms with van der Waals surface area (Å²) in [4.78, 5) is 28.0. The molecule has 2 saturated heterocycles. The molecule has 0 bridgehead atoms. The summed E-state index contributed by atoms with van der Waals surface area (Å²) in [6.07, 6.45) is 7.92. The number of carbonyl (C=O) groups is 2. The van der Waals surface area contributed by atoms with Crippen LogP contribution in [0, 0.1) is 5.41 Å². The highest BCUT2D eigenvalue weighted by molar-refractivity contribution is 5.68. The van der Waals surface area contributed by atoms with Gasteiger partial charge in [-0.25, -0.2) is 9.59 Å². The van der Waals surface area contributed by atoms with Crippen LogP contribution in [-0.4, -0.2) is 61.4 Å². The first-order chi connectivity index (χ1) is 12.0. The second kappa shape index (κ2) is 9.88. The minimum atomic E-state index is -0.328. The lowest BCUT2D eigenvalue weighted by atomic mass is 9.87. The van der Waals surface area contributed by atoms with Gasteiger partial charge in [0.05, 0.1) is 0 Å². The van der Waals surface area contributed by atoms with Gasteiger partial charge in [-0.1, -0.05) is 20.3 Å². The van der Waals surface area contributed by atoms with Crippen LogP contribution in [0.15, 0.2) is 0 Å². The minimum absolute atomic E-state index is 0.232. The summed E-state index contributed by atoms with van der Waals surface area (Å²) in [5.41, 5.74) is -0.328. The van der Waals surface area contributed by atoms with Crippen LogP contribution < -0.4 is 0 Å². The van der Waals surface area contributed by atoms with E-state index in [0.717, 1.165) is 64.7 Å². The lowest BCUT2D eigenvalue weighted by molar-refractivity contribution is 0.00714. The minimum Gasteiger partial charge on any atom is -0.449 e. The van der Waals surface area contributed by atoms with Crippen molar-refractivity contribution in [2.24, 2.45) is 5.41 Å². The quantitative estimate of drug-likeness (QED) is 0.722. The maximum atomic E-state index is 12.2. The Morgan fingerprint density at radius 3 is 1.56 bits per heavy atom. The summed E-state index contributed by atoms with van der Waals surface area (Å²) >= 11 is 0. The third-order valence-electron chi connectivity index (χ3n) is 5.17. The number of likely N-dealkylation sites (tertiary alicyclic amines) is 2. The monoisotopic (exact) mass is 354 g/mol. The SMILES string of the molecule is CCCC(C)(COC(=O)N1CCCCC1)COC(=O)N1CCCCC1. The summed E-state index contributed by atoms with van der Waals surface area (Å²) in [6.45, 7) is 7.86. The predicted octanol–water partition coefficient (Wildman–Crippen LogP) is 4.04. The van der Waals surface area contributed by atoms with Gasteiger partial charge in [0.1, 0.15) is 13.2 Å². The molecule has 2 amide bonds. The second-order valence-corrected chi connectivity index (χ2v) is 7.77. The van der Waals surface area contributed by atoms with Crippen molar-refractivity contribution in [3.05, 3.63) is 0 Å². The van der Waals surface area contributed by atoms with Crippen molar-refractivity contribution in [3.63, 3.8) is 0 Å². The van der Waals surface area contributed by atoms with Gasteiger partial charge >= 0.3 is 12.2 Å². The predicted molar refractivity (Wildman–Crippen MR) is 96.6 cm³/mol. The fourth-order valence-corrected chi connectivity index (χ4v) is 3.60. The molecule has 6 heteroatoms. The Balaban J connectivity index is 1.79. The molecule has 2 rings (SSSR count). The lowest BCUT2D eigenvalue weighted by Gasteiger charge is -2.32. The topological polar surface area (TPSA) is 59.1 Å². The zero-order chi connectivity index (χ0) is 18.1. The number of carbonyl (C=O) groups excluding carboxylic acids is 2. The number of piperidine rings is 2. The molecule has 2 heterocycles. The zero-order valence-corrected chi connectivity index (χ0v) is 15.9. The van der Waals surface area contributed by atoms with E-state index in [2.05, 4.69) is 6.92 Å². The molecule has 6 nitrogen and oxygen atoms in total. The first kappa shape index (κ1) is 19.9. The van der Waals surface area contributed by atoms with Crippen molar-refractivity contribution in [2.45, 2.75) is 65.2 Å². The fourth-order valence-electron chi connectivity index (χ4n) is 3.60. The van der Waals surface area contributed by atoms with Gasteiger partial charge in [-0.05, 0) is 44.9 Å². The van der Waals surface area contributed by atoms with Crippen LogP contribution in [0.5, 0.6) is 0 Å². The second-order valence-electron chi connectivity index (χ2n) is 7.77. The molecule has 0 radical (unpaired) electrons. The van der Waals surface area contributed by atoms with Gasteiger partial charge in [0.2, 0.25) is 0 Å².